The van der Waals surface area contributed by atoms with Gasteiger partial charge >= 0.3 is 0 Å². The third kappa shape index (κ3) is 5.13. The second-order valence-electron chi connectivity index (χ2n) is 6.37. The van der Waals surface area contributed by atoms with Crippen molar-refractivity contribution in [3.63, 3.8) is 0 Å². The molecule has 0 fully saturated rings. The van der Waals surface area contributed by atoms with Gasteiger partial charge in [-0.05, 0) is 24.6 Å². The van der Waals surface area contributed by atoms with Gasteiger partial charge in [-0.1, -0.05) is 61.8 Å². The summed E-state index contributed by atoms with van der Waals surface area (Å²) < 4.78 is 5.55. The van der Waals surface area contributed by atoms with E-state index >= 15 is 0 Å². The van der Waals surface area contributed by atoms with Crippen LogP contribution in [0.25, 0.3) is 0 Å². The molecule has 1 heterocycles. The molecule has 1 amide bonds. The smallest absolute Gasteiger partial charge is 0.277 e. The number of nitrogens with zero attached hydrogens (tertiary/aromatic N) is 2. The van der Waals surface area contributed by atoms with Crippen LogP contribution in [-0.4, -0.2) is 21.9 Å². The topological polar surface area (TPSA) is 68.0 Å². The van der Waals surface area contributed by atoms with Crippen LogP contribution in [0.3, 0.4) is 0 Å². The number of halogens is 2. The molecule has 0 aliphatic carbocycles. The second kappa shape index (κ2) is 7.76. The van der Waals surface area contributed by atoms with Crippen molar-refractivity contribution < 1.29 is 9.21 Å². The first-order valence-corrected chi connectivity index (χ1v) is 9.12. The van der Waals surface area contributed by atoms with Crippen LogP contribution in [-0.2, 0) is 10.2 Å². The lowest BCUT2D eigenvalue weighted by Gasteiger charge is -2.15. The Morgan fingerprint density at radius 3 is 2.62 bits per heavy atom. The van der Waals surface area contributed by atoms with Gasteiger partial charge in [-0.25, -0.2) is 0 Å². The molecule has 130 valence electrons. The molecule has 0 saturated heterocycles. The maximum atomic E-state index is 12.1. The van der Waals surface area contributed by atoms with E-state index in [0.29, 0.717) is 21.2 Å². The molecule has 0 unspecified atom stereocenters. The molecule has 0 aliphatic rings. The van der Waals surface area contributed by atoms with Crippen LogP contribution < -0.4 is 5.32 Å². The second-order valence-corrected chi connectivity index (χ2v) is 8.14. The van der Waals surface area contributed by atoms with Crippen molar-refractivity contribution in [2.45, 2.75) is 44.4 Å². The molecule has 0 saturated carbocycles. The first-order valence-electron chi connectivity index (χ1n) is 7.38. The average Bonchev–Trinajstić information content (AvgIpc) is 2.93. The average molecular weight is 388 g/mol. The molecule has 1 aromatic heterocycles. The van der Waals surface area contributed by atoms with Crippen LogP contribution in [0.15, 0.2) is 27.8 Å². The van der Waals surface area contributed by atoms with Gasteiger partial charge in [0, 0.05) is 15.5 Å². The molecule has 0 aliphatic heterocycles. The Labute approximate surface area is 155 Å². The minimum Gasteiger partial charge on any atom is -0.415 e. The maximum absolute atomic E-state index is 12.1. The minimum atomic E-state index is -0.226. The van der Waals surface area contributed by atoms with Gasteiger partial charge in [-0.2, -0.15) is 0 Å². The Morgan fingerprint density at radius 2 is 2.04 bits per heavy atom. The van der Waals surface area contributed by atoms with Crippen LogP contribution >= 0.6 is 35.0 Å². The first kappa shape index (κ1) is 19.1. The van der Waals surface area contributed by atoms with Gasteiger partial charge in [0.05, 0.1) is 11.8 Å². The Balaban J connectivity index is 1.90. The van der Waals surface area contributed by atoms with E-state index in [1.807, 2.05) is 27.7 Å². The molecule has 8 heteroatoms. The summed E-state index contributed by atoms with van der Waals surface area (Å²) >= 11 is 13.2. The van der Waals surface area contributed by atoms with E-state index in [-0.39, 0.29) is 23.1 Å². The summed E-state index contributed by atoms with van der Waals surface area (Å²) in [6.07, 6.45) is 0. The number of nitrogens with one attached hydrogen (secondary N) is 1. The van der Waals surface area contributed by atoms with E-state index in [9.17, 15) is 4.79 Å². The monoisotopic (exact) mass is 387 g/mol. The highest BCUT2D eigenvalue weighted by Gasteiger charge is 2.22. The summed E-state index contributed by atoms with van der Waals surface area (Å²) in [6, 6.07) is 4.97. The molecule has 1 atom stereocenters. The van der Waals surface area contributed by atoms with Gasteiger partial charge in [-0.3, -0.25) is 4.79 Å². The number of carbonyl (C=O) groups is 1. The lowest BCUT2D eigenvalue weighted by molar-refractivity contribution is -0.119. The third-order valence-corrected chi connectivity index (χ3v) is 4.56. The highest BCUT2D eigenvalue weighted by molar-refractivity contribution is 7.99. The Morgan fingerprint density at radius 1 is 1.33 bits per heavy atom. The molecular weight excluding hydrogens is 369 g/mol. The minimum absolute atomic E-state index is 0.144. The van der Waals surface area contributed by atoms with Crippen LogP contribution in [0.1, 0.15) is 45.2 Å². The van der Waals surface area contributed by atoms with Crippen molar-refractivity contribution in [2.75, 3.05) is 5.75 Å². The van der Waals surface area contributed by atoms with E-state index in [2.05, 4.69) is 15.5 Å². The van der Waals surface area contributed by atoms with Crippen LogP contribution in [0.4, 0.5) is 0 Å². The number of carbonyl (C=O) groups excluding carboxylic acids is 1. The molecule has 0 bridgehead atoms. The zero-order valence-corrected chi connectivity index (χ0v) is 16.2. The number of hydrogen-bond acceptors (Lipinski definition) is 5. The predicted molar refractivity (Wildman–Crippen MR) is 96.7 cm³/mol. The quantitative estimate of drug-likeness (QED) is 0.756. The Bertz CT molecular complexity index is 728. The standard InChI is InChI=1S/C16H19Cl2N3O2S/c1-9(11-6-5-10(17)7-12(11)18)19-13(22)8-24-15-21-20-14(23-15)16(2,3)4/h5-7,9H,8H2,1-4H3,(H,19,22)/t9-/m0/s1. The van der Waals surface area contributed by atoms with E-state index in [4.69, 9.17) is 27.6 Å². The summed E-state index contributed by atoms with van der Waals surface area (Å²) in [5, 5.41) is 12.3. The molecule has 2 rings (SSSR count). The predicted octanol–water partition coefficient (Wildman–Crippen LogP) is 4.64. The SMILES string of the molecule is C[C@H](NC(=O)CSc1nnc(C(C)(C)C)o1)c1ccc(Cl)cc1Cl. The van der Waals surface area contributed by atoms with Crippen molar-refractivity contribution in [3.8, 4) is 0 Å². The van der Waals surface area contributed by atoms with Crippen molar-refractivity contribution in [2.24, 2.45) is 0 Å². The molecule has 0 spiro atoms. The van der Waals surface area contributed by atoms with E-state index in [1.165, 1.54) is 11.8 Å². The van der Waals surface area contributed by atoms with Gasteiger partial charge in [0.2, 0.25) is 11.8 Å². The highest BCUT2D eigenvalue weighted by atomic mass is 35.5. The molecule has 5 nitrogen and oxygen atoms in total. The third-order valence-electron chi connectivity index (χ3n) is 3.18. The number of hydrogen-bond donors (Lipinski definition) is 1. The Kier molecular flexibility index (Phi) is 6.17. The van der Waals surface area contributed by atoms with Crippen molar-refractivity contribution in [1.29, 1.82) is 0 Å². The fourth-order valence-corrected chi connectivity index (χ4v) is 3.06. The molecule has 1 aromatic carbocycles. The lowest BCUT2D eigenvalue weighted by atomic mass is 9.97. The zero-order chi connectivity index (χ0) is 17.9. The number of rotatable bonds is 5. The molecule has 24 heavy (non-hydrogen) atoms. The van der Waals surface area contributed by atoms with E-state index in [0.717, 1.165) is 5.56 Å². The molecular formula is C16H19Cl2N3O2S. The Hall–Kier alpha value is -1.24. The van der Waals surface area contributed by atoms with Gasteiger partial charge in [0.25, 0.3) is 5.22 Å². The normalized spacial score (nSPS) is 12.9. The summed E-state index contributed by atoms with van der Waals surface area (Å²) in [7, 11) is 0. The van der Waals surface area contributed by atoms with Crippen LogP contribution in [0.5, 0.6) is 0 Å². The van der Waals surface area contributed by atoms with Gasteiger partial charge in [-0.15, -0.1) is 10.2 Å². The fourth-order valence-electron chi connectivity index (χ4n) is 1.91. The van der Waals surface area contributed by atoms with Crippen molar-refractivity contribution in [1.82, 2.24) is 15.5 Å². The fraction of sp³-hybridized carbons (Fsp3) is 0.438. The largest absolute Gasteiger partial charge is 0.415 e. The summed E-state index contributed by atoms with van der Waals surface area (Å²) in [4.78, 5) is 12.1. The van der Waals surface area contributed by atoms with Crippen LogP contribution in [0, 0.1) is 0 Å². The van der Waals surface area contributed by atoms with Gasteiger partial charge < -0.3 is 9.73 Å². The van der Waals surface area contributed by atoms with Gasteiger partial charge in [0.15, 0.2) is 0 Å². The van der Waals surface area contributed by atoms with Crippen molar-refractivity contribution >= 4 is 40.9 Å². The number of thioether (sulfide) groups is 1. The maximum Gasteiger partial charge on any atom is 0.277 e. The van der Waals surface area contributed by atoms with Gasteiger partial charge in [0.1, 0.15) is 0 Å². The molecule has 2 aromatic rings. The summed E-state index contributed by atoms with van der Waals surface area (Å²) in [5.74, 6) is 0.585. The molecule has 1 N–H and O–H groups in total. The van der Waals surface area contributed by atoms with Crippen LogP contribution in [0.2, 0.25) is 10.0 Å². The zero-order valence-electron chi connectivity index (χ0n) is 13.9. The van der Waals surface area contributed by atoms with E-state index < -0.39 is 0 Å². The summed E-state index contributed by atoms with van der Waals surface area (Å²) in [5.41, 5.74) is 0.598. The number of benzene rings is 1. The van der Waals surface area contributed by atoms with E-state index in [1.54, 1.807) is 18.2 Å². The summed E-state index contributed by atoms with van der Waals surface area (Å²) in [6.45, 7) is 7.82. The number of amides is 1. The first-order chi connectivity index (χ1) is 11.2. The highest BCUT2D eigenvalue weighted by Crippen LogP contribution is 2.27. The lowest BCUT2D eigenvalue weighted by Crippen LogP contribution is -2.28. The molecule has 0 radical (unpaired) electrons. The number of aromatic nitrogens is 2. The van der Waals surface area contributed by atoms with Crippen molar-refractivity contribution in [3.05, 3.63) is 39.7 Å².